The molecule has 1 atom stereocenters. The number of hydrogen-bond donors (Lipinski definition) is 1. The van der Waals surface area contributed by atoms with Crippen LogP contribution in [0, 0.1) is 13.8 Å². The van der Waals surface area contributed by atoms with Crippen LogP contribution in [-0.2, 0) is 7.05 Å². The Morgan fingerprint density at radius 2 is 2.00 bits per heavy atom. The van der Waals surface area contributed by atoms with Crippen molar-refractivity contribution in [2.24, 2.45) is 7.05 Å². The standard InChI is InChI=1S/C22H26N8O/c1-14-15(2)25-21(12-23-14)26-20-10-18-9-16(5-8-30(18)27-20)22-19(11-24-29(22)4)31-13-17-6-7-28(17)3/h5,8-12,17H,6-7,13H2,1-4H3,(H,25,26,27)/t17-/m0/s1. The summed E-state index contributed by atoms with van der Waals surface area (Å²) in [4.78, 5) is 11.2. The average Bonchev–Trinajstić information content (AvgIpc) is 3.31. The number of ether oxygens (including phenoxy) is 1. The summed E-state index contributed by atoms with van der Waals surface area (Å²) in [6.45, 7) is 5.70. The van der Waals surface area contributed by atoms with E-state index in [2.05, 4.69) is 43.5 Å². The Hall–Kier alpha value is -3.46. The molecule has 160 valence electrons. The van der Waals surface area contributed by atoms with Gasteiger partial charge < -0.3 is 10.1 Å². The highest BCUT2D eigenvalue weighted by molar-refractivity contribution is 5.72. The maximum Gasteiger partial charge on any atom is 0.165 e. The molecule has 5 heterocycles. The molecule has 0 aliphatic carbocycles. The van der Waals surface area contributed by atoms with Crippen molar-refractivity contribution >= 4 is 17.2 Å². The van der Waals surface area contributed by atoms with E-state index >= 15 is 0 Å². The number of nitrogens with zero attached hydrogens (tertiary/aromatic N) is 7. The Labute approximate surface area is 180 Å². The van der Waals surface area contributed by atoms with Crippen LogP contribution in [0.2, 0.25) is 0 Å². The molecule has 0 spiro atoms. The molecule has 1 aliphatic rings. The quantitative estimate of drug-likeness (QED) is 0.515. The fourth-order valence-electron chi connectivity index (χ4n) is 3.75. The second-order valence-electron chi connectivity index (χ2n) is 8.08. The zero-order valence-electron chi connectivity index (χ0n) is 18.2. The van der Waals surface area contributed by atoms with Gasteiger partial charge in [0.25, 0.3) is 0 Å². The van der Waals surface area contributed by atoms with Crippen LogP contribution >= 0.6 is 0 Å². The van der Waals surface area contributed by atoms with Crippen LogP contribution < -0.4 is 10.1 Å². The fourth-order valence-corrected chi connectivity index (χ4v) is 3.75. The SMILES string of the molecule is Cc1ncc(Nc2cc3cc(-c4c(OC[C@@H]5CCN5C)cnn4C)ccn3n2)nc1C. The average molecular weight is 419 g/mol. The number of likely N-dealkylation sites (N-methyl/N-ethyl adjacent to an activating group) is 1. The second kappa shape index (κ2) is 7.66. The minimum absolute atomic E-state index is 0.479. The first kappa shape index (κ1) is 19.5. The third-order valence-corrected chi connectivity index (χ3v) is 5.96. The highest BCUT2D eigenvalue weighted by atomic mass is 16.5. The molecule has 5 rings (SSSR count). The van der Waals surface area contributed by atoms with Gasteiger partial charge in [0.15, 0.2) is 11.6 Å². The molecule has 0 aromatic carbocycles. The first-order valence-corrected chi connectivity index (χ1v) is 10.4. The molecule has 9 nitrogen and oxygen atoms in total. The van der Waals surface area contributed by atoms with Crippen molar-refractivity contribution in [3.05, 3.63) is 48.2 Å². The Morgan fingerprint density at radius 3 is 2.74 bits per heavy atom. The molecule has 9 heteroatoms. The largest absolute Gasteiger partial charge is 0.488 e. The molecule has 0 amide bonds. The van der Waals surface area contributed by atoms with Gasteiger partial charge in [-0.1, -0.05) is 0 Å². The predicted octanol–water partition coefficient (Wildman–Crippen LogP) is 2.97. The smallest absolute Gasteiger partial charge is 0.165 e. The maximum atomic E-state index is 6.13. The summed E-state index contributed by atoms with van der Waals surface area (Å²) in [5.74, 6) is 2.19. The molecule has 4 aromatic heterocycles. The summed E-state index contributed by atoms with van der Waals surface area (Å²) in [5.41, 5.74) is 4.76. The molecule has 0 unspecified atom stereocenters. The number of rotatable bonds is 6. The van der Waals surface area contributed by atoms with E-state index in [1.807, 2.05) is 48.4 Å². The van der Waals surface area contributed by atoms with Crippen molar-refractivity contribution < 1.29 is 4.74 Å². The molecule has 4 aromatic rings. The van der Waals surface area contributed by atoms with E-state index in [1.54, 1.807) is 12.4 Å². The van der Waals surface area contributed by atoms with Crippen molar-refractivity contribution in [1.29, 1.82) is 0 Å². The van der Waals surface area contributed by atoms with E-state index in [9.17, 15) is 0 Å². The van der Waals surface area contributed by atoms with Crippen LogP contribution in [0.1, 0.15) is 17.8 Å². The summed E-state index contributed by atoms with van der Waals surface area (Å²) in [7, 11) is 4.06. The molecule has 1 fully saturated rings. The van der Waals surface area contributed by atoms with E-state index in [4.69, 9.17) is 4.74 Å². The molecule has 31 heavy (non-hydrogen) atoms. The molecule has 0 radical (unpaired) electrons. The third-order valence-electron chi connectivity index (χ3n) is 5.96. The highest BCUT2D eigenvalue weighted by Gasteiger charge is 2.25. The Kier molecular flexibility index (Phi) is 4.82. The van der Waals surface area contributed by atoms with Crippen LogP contribution in [0.3, 0.4) is 0 Å². The summed E-state index contributed by atoms with van der Waals surface area (Å²) in [6, 6.07) is 6.58. The summed E-state index contributed by atoms with van der Waals surface area (Å²) >= 11 is 0. The molecule has 1 N–H and O–H groups in total. The van der Waals surface area contributed by atoms with Gasteiger partial charge in [0.1, 0.15) is 18.1 Å². The predicted molar refractivity (Wildman–Crippen MR) is 119 cm³/mol. The van der Waals surface area contributed by atoms with Crippen LogP contribution in [0.5, 0.6) is 5.75 Å². The van der Waals surface area contributed by atoms with Gasteiger partial charge in [-0.2, -0.15) is 10.2 Å². The van der Waals surface area contributed by atoms with E-state index < -0.39 is 0 Å². The van der Waals surface area contributed by atoms with Gasteiger partial charge in [-0.15, -0.1) is 0 Å². The van der Waals surface area contributed by atoms with Crippen LogP contribution in [0.4, 0.5) is 11.6 Å². The molecule has 1 aliphatic heterocycles. The number of hydrogen-bond acceptors (Lipinski definition) is 7. The maximum absolute atomic E-state index is 6.13. The number of likely N-dealkylation sites (tertiary alicyclic amines) is 1. The van der Waals surface area contributed by atoms with E-state index in [-0.39, 0.29) is 0 Å². The molecule has 1 saturated heterocycles. The van der Waals surface area contributed by atoms with E-state index in [1.165, 1.54) is 6.42 Å². The van der Waals surface area contributed by atoms with Crippen molar-refractivity contribution in [1.82, 2.24) is 34.3 Å². The van der Waals surface area contributed by atoms with Crippen molar-refractivity contribution in [2.45, 2.75) is 26.3 Å². The van der Waals surface area contributed by atoms with Crippen molar-refractivity contribution in [3.8, 4) is 17.0 Å². The van der Waals surface area contributed by atoms with Gasteiger partial charge in [-0.25, -0.2) is 9.50 Å². The first-order chi connectivity index (χ1) is 15.0. The van der Waals surface area contributed by atoms with Gasteiger partial charge in [0.2, 0.25) is 0 Å². The zero-order chi connectivity index (χ0) is 21.5. The molecule has 0 saturated carbocycles. The lowest BCUT2D eigenvalue weighted by Crippen LogP contribution is -2.48. The zero-order valence-corrected chi connectivity index (χ0v) is 18.2. The summed E-state index contributed by atoms with van der Waals surface area (Å²) < 4.78 is 9.82. The fraction of sp³-hybridized carbons (Fsp3) is 0.364. The van der Waals surface area contributed by atoms with Gasteiger partial charge in [0, 0.05) is 30.9 Å². The minimum atomic E-state index is 0.479. The lowest BCUT2D eigenvalue weighted by Gasteiger charge is -2.37. The second-order valence-corrected chi connectivity index (χ2v) is 8.08. The summed E-state index contributed by atoms with van der Waals surface area (Å²) in [5, 5.41) is 12.2. The lowest BCUT2D eigenvalue weighted by molar-refractivity contribution is 0.0771. The van der Waals surface area contributed by atoms with Gasteiger partial charge in [-0.3, -0.25) is 14.6 Å². The van der Waals surface area contributed by atoms with Crippen molar-refractivity contribution in [3.63, 3.8) is 0 Å². The number of anilines is 2. The van der Waals surface area contributed by atoms with Gasteiger partial charge in [-0.05, 0) is 46.0 Å². The molecule has 0 bridgehead atoms. The molecular weight excluding hydrogens is 392 g/mol. The van der Waals surface area contributed by atoms with Crippen LogP contribution in [0.15, 0.2) is 36.8 Å². The monoisotopic (exact) mass is 418 g/mol. The van der Waals surface area contributed by atoms with Crippen LogP contribution in [-0.4, -0.2) is 60.5 Å². The van der Waals surface area contributed by atoms with Crippen molar-refractivity contribution in [2.75, 3.05) is 25.5 Å². The molecular formula is C22H26N8O. The third kappa shape index (κ3) is 3.72. The number of pyridine rings is 1. The number of nitrogens with one attached hydrogen (secondary N) is 1. The minimum Gasteiger partial charge on any atom is -0.488 e. The van der Waals surface area contributed by atoms with Crippen LogP contribution in [0.25, 0.3) is 16.8 Å². The van der Waals surface area contributed by atoms with E-state index in [0.29, 0.717) is 24.3 Å². The Morgan fingerprint density at radius 1 is 1.13 bits per heavy atom. The topological polar surface area (TPSA) is 85.4 Å². The number of fused-ring (bicyclic) bond motifs is 1. The number of aryl methyl sites for hydroxylation is 3. The first-order valence-electron chi connectivity index (χ1n) is 10.4. The van der Waals surface area contributed by atoms with Gasteiger partial charge >= 0.3 is 0 Å². The lowest BCUT2D eigenvalue weighted by atomic mass is 10.1. The van der Waals surface area contributed by atoms with Gasteiger partial charge in [0.05, 0.1) is 29.3 Å². The number of aromatic nitrogens is 6. The highest BCUT2D eigenvalue weighted by Crippen LogP contribution is 2.31. The Bertz CT molecular complexity index is 1240. The Balaban J connectivity index is 1.40. The summed E-state index contributed by atoms with van der Waals surface area (Å²) in [6.07, 6.45) is 6.63. The van der Waals surface area contributed by atoms with E-state index in [0.717, 1.165) is 40.5 Å². The normalized spacial score (nSPS) is 16.5.